The van der Waals surface area contributed by atoms with E-state index in [9.17, 15) is 9.59 Å². The largest absolute Gasteiger partial charge is 0.493 e. The van der Waals surface area contributed by atoms with Gasteiger partial charge < -0.3 is 15.4 Å². The Bertz CT molecular complexity index is 727. The smallest absolute Gasteiger partial charge is 0.252 e. The van der Waals surface area contributed by atoms with E-state index in [4.69, 9.17) is 4.74 Å². The molecule has 2 N–H and O–H groups in total. The first-order valence-electron chi connectivity index (χ1n) is 9.22. The van der Waals surface area contributed by atoms with Gasteiger partial charge in [-0.25, -0.2) is 0 Å². The molecule has 2 rings (SSSR count). The maximum atomic E-state index is 11.8. The highest BCUT2D eigenvalue weighted by molar-refractivity contribution is 5.93. The molecule has 0 unspecified atom stereocenters. The molecule has 6 heteroatoms. The Balaban J connectivity index is 1.53. The summed E-state index contributed by atoms with van der Waals surface area (Å²) >= 11 is 0. The van der Waals surface area contributed by atoms with Crippen molar-refractivity contribution in [1.29, 1.82) is 0 Å². The molecule has 0 aliphatic rings. The van der Waals surface area contributed by atoms with Gasteiger partial charge in [-0.2, -0.15) is 0 Å². The molecule has 27 heavy (non-hydrogen) atoms. The number of rotatable bonds is 10. The van der Waals surface area contributed by atoms with Crippen molar-refractivity contribution in [3.8, 4) is 5.75 Å². The molecule has 0 atom stereocenters. The molecule has 0 bridgehead atoms. The van der Waals surface area contributed by atoms with Crippen LogP contribution in [0.25, 0.3) is 0 Å². The molecule has 0 radical (unpaired) electrons. The van der Waals surface area contributed by atoms with Crippen molar-refractivity contribution < 1.29 is 14.3 Å². The monoisotopic (exact) mass is 369 g/mol. The molecule has 1 aromatic carbocycles. The highest BCUT2D eigenvalue weighted by Crippen LogP contribution is 2.22. The maximum absolute atomic E-state index is 11.8. The minimum atomic E-state index is -0.155. The summed E-state index contributed by atoms with van der Waals surface area (Å²) in [5.41, 5.74) is 2.74. The predicted octanol–water partition coefficient (Wildman–Crippen LogP) is 2.79. The number of pyridine rings is 1. The van der Waals surface area contributed by atoms with Gasteiger partial charge in [0.2, 0.25) is 5.91 Å². The van der Waals surface area contributed by atoms with Gasteiger partial charge in [0.1, 0.15) is 5.75 Å². The quantitative estimate of drug-likeness (QED) is 0.631. The van der Waals surface area contributed by atoms with Crippen LogP contribution in [0, 0.1) is 13.8 Å². The summed E-state index contributed by atoms with van der Waals surface area (Å²) in [4.78, 5) is 27.6. The molecule has 0 spiro atoms. The molecule has 0 fully saturated rings. The van der Waals surface area contributed by atoms with Gasteiger partial charge in [-0.1, -0.05) is 18.2 Å². The first kappa shape index (κ1) is 20.4. The Hall–Kier alpha value is -2.89. The summed E-state index contributed by atoms with van der Waals surface area (Å²) in [5, 5.41) is 5.66. The Kier molecular flexibility index (Phi) is 8.29. The number of benzene rings is 1. The number of para-hydroxylation sites is 1. The van der Waals surface area contributed by atoms with Crippen molar-refractivity contribution in [3.63, 3.8) is 0 Å². The van der Waals surface area contributed by atoms with E-state index in [2.05, 4.69) is 15.6 Å². The summed E-state index contributed by atoms with van der Waals surface area (Å²) in [5.74, 6) is 0.749. The highest BCUT2D eigenvalue weighted by Gasteiger charge is 2.06. The first-order valence-corrected chi connectivity index (χ1v) is 9.22. The zero-order valence-electron chi connectivity index (χ0n) is 16.0. The van der Waals surface area contributed by atoms with Gasteiger partial charge in [0.25, 0.3) is 5.91 Å². The topological polar surface area (TPSA) is 80.3 Å². The molecule has 0 saturated carbocycles. The number of aryl methyl sites for hydroxylation is 2. The van der Waals surface area contributed by atoms with Crippen LogP contribution in [-0.2, 0) is 4.79 Å². The van der Waals surface area contributed by atoms with Crippen molar-refractivity contribution in [1.82, 2.24) is 15.6 Å². The lowest BCUT2D eigenvalue weighted by molar-refractivity contribution is -0.121. The van der Waals surface area contributed by atoms with E-state index < -0.39 is 0 Å². The SMILES string of the molecule is Cc1cccc(C)c1OCCCC(=O)NCCCNC(=O)c1cccnc1. The van der Waals surface area contributed by atoms with Crippen LogP contribution in [-0.4, -0.2) is 36.5 Å². The summed E-state index contributed by atoms with van der Waals surface area (Å²) in [6.45, 7) is 5.58. The van der Waals surface area contributed by atoms with E-state index in [0.717, 1.165) is 16.9 Å². The second kappa shape index (κ2) is 11.0. The molecule has 0 saturated heterocycles. The Morgan fingerprint density at radius 2 is 1.74 bits per heavy atom. The Morgan fingerprint density at radius 3 is 2.44 bits per heavy atom. The standard InChI is InChI=1S/C21H27N3O3/c1-16-7-3-8-17(2)20(16)27-14-5-10-19(25)23-12-6-13-24-21(26)18-9-4-11-22-15-18/h3-4,7-9,11,15H,5-6,10,12-14H2,1-2H3,(H,23,25)(H,24,26). The van der Waals surface area contributed by atoms with Crippen LogP contribution < -0.4 is 15.4 Å². The van der Waals surface area contributed by atoms with Crippen LogP contribution in [0.15, 0.2) is 42.7 Å². The highest BCUT2D eigenvalue weighted by atomic mass is 16.5. The molecular formula is C21H27N3O3. The van der Waals surface area contributed by atoms with Crippen LogP contribution >= 0.6 is 0 Å². The van der Waals surface area contributed by atoms with Gasteiger partial charge >= 0.3 is 0 Å². The number of aromatic nitrogens is 1. The first-order chi connectivity index (χ1) is 13.1. The molecule has 0 aliphatic heterocycles. The van der Waals surface area contributed by atoms with Crippen LogP contribution in [0.3, 0.4) is 0 Å². The zero-order valence-corrected chi connectivity index (χ0v) is 16.0. The minimum absolute atomic E-state index is 0.00121. The minimum Gasteiger partial charge on any atom is -0.493 e. The molecule has 2 amide bonds. The fraction of sp³-hybridized carbons (Fsp3) is 0.381. The van der Waals surface area contributed by atoms with E-state index in [1.54, 1.807) is 18.3 Å². The van der Waals surface area contributed by atoms with E-state index in [1.165, 1.54) is 6.20 Å². The van der Waals surface area contributed by atoms with Crippen molar-refractivity contribution in [2.24, 2.45) is 0 Å². The third-order valence-electron chi connectivity index (χ3n) is 4.09. The summed E-state index contributed by atoms with van der Waals surface area (Å²) < 4.78 is 5.80. The fourth-order valence-electron chi connectivity index (χ4n) is 2.64. The molecule has 6 nitrogen and oxygen atoms in total. The van der Waals surface area contributed by atoms with Crippen molar-refractivity contribution >= 4 is 11.8 Å². The third-order valence-corrected chi connectivity index (χ3v) is 4.09. The average molecular weight is 369 g/mol. The Morgan fingerprint density at radius 1 is 1.00 bits per heavy atom. The molecule has 1 heterocycles. The van der Waals surface area contributed by atoms with Crippen molar-refractivity contribution in [2.75, 3.05) is 19.7 Å². The van der Waals surface area contributed by atoms with Crippen LogP contribution in [0.2, 0.25) is 0 Å². The number of hydrogen-bond donors (Lipinski definition) is 2. The van der Waals surface area contributed by atoms with Gasteiger partial charge in [0.15, 0.2) is 0 Å². The summed E-state index contributed by atoms with van der Waals surface area (Å²) in [7, 11) is 0. The summed E-state index contributed by atoms with van der Waals surface area (Å²) in [6.07, 6.45) is 4.91. The van der Waals surface area contributed by atoms with Gasteiger partial charge in [0.05, 0.1) is 12.2 Å². The lowest BCUT2D eigenvalue weighted by Crippen LogP contribution is -2.30. The Labute approximate surface area is 160 Å². The second-order valence-electron chi connectivity index (χ2n) is 6.37. The number of carbonyl (C=O) groups excluding carboxylic acids is 2. The third kappa shape index (κ3) is 7.09. The molecule has 144 valence electrons. The number of carbonyl (C=O) groups is 2. The lowest BCUT2D eigenvalue weighted by Gasteiger charge is -2.11. The van der Waals surface area contributed by atoms with Crippen LogP contribution in [0.4, 0.5) is 0 Å². The summed E-state index contributed by atoms with van der Waals surface area (Å²) in [6, 6.07) is 9.47. The van der Waals surface area contributed by atoms with Crippen LogP contribution in [0.5, 0.6) is 5.75 Å². The zero-order chi connectivity index (χ0) is 19.5. The molecule has 2 aromatic rings. The molecular weight excluding hydrogens is 342 g/mol. The second-order valence-corrected chi connectivity index (χ2v) is 6.37. The van der Waals surface area contributed by atoms with Gasteiger partial charge in [-0.15, -0.1) is 0 Å². The van der Waals surface area contributed by atoms with E-state index >= 15 is 0 Å². The van der Waals surface area contributed by atoms with E-state index in [0.29, 0.717) is 44.5 Å². The van der Waals surface area contributed by atoms with E-state index in [-0.39, 0.29) is 11.8 Å². The van der Waals surface area contributed by atoms with Gasteiger partial charge in [0, 0.05) is 31.9 Å². The maximum Gasteiger partial charge on any atom is 0.252 e. The van der Waals surface area contributed by atoms with Crippen molar-refractivity contribution in [2.45, 2.75) is 33.1 Å². The van der Waals surface area contributed by atoms with Crippen molar-refractivity contribution in [3.05, 3.63) is 59.4 Å². The molecule has 0 aliphatic carbocycles. The number of ether oxygens (including phenoxy) is 1. The number of nitrogens with one attached hydrogen (secondary N) is 2. The van der Waals surface area contributed by atoms with Gasteiger partial charge in [-0.05, 0) is 49.9 Å². The normalized spacial score (nSPS) is 10.3. The predicted molar refractivity (Wildman–Crippen MR) is 105 cm³/mol. The fourth-order valence-corrected chi connectivity index (χ4v) is 2.64. The lowest BCUT2D eigenvalue weighted by atomic mass is 10.1. The van der Waals surface area contributed by atoms with Crippen LogP contribution in [0.1, 0.15) is 40.7 Å². The average Bonchev–Trinajstić information content (AvgIpc) is 2.67. The number of amides is 2. The van der Waals surface area contributed by atoms with E-state index in [1.807, 2.05) is 32.0 Å². The van der Waals surface area contributed by atoms with Gasteiger partial charge in [-0.3, -0.25) is 14.6 Å². The number of nitrogens with zero attached hydrogens (tertiary/aromatic N) is 1. The number of hydrogen-bond acceptors (Lipinski definition) is 4. The molecule has 1 aromatic heterocycles.